The summed E-state index contributed by atoms with van der Waals surface area (Å²) in [5, 5.41) is 0. The molecule has 0 saturated heterocycles. The van der Waals surface area contributed by atoms with Crippen molar-refractivity contribution in [2.75, 3.05) is 24.4 Å². The zero-order valence-electron chi connectivity index (χ0n) is 10.3. The van der Waals surface area contributed by atoms with Gasteiger partial charge in [-0.05, 0) is 36.4 Å². The summed E-state index contributed by atoms with van der Waals surface area (Å²) in [6.45, 7) is 0.834. The fourth-order valence-corrected chi connectivity index (χ4v) is 1.90. The molecular weight excluding hydrogens is 246 g/mol. The molecule has 0 radical (unpaired) electrons. The summed E-state index contributed by atoms with van der Waals surface area (Å²) >= 11 is 5.72. The summed E-state index contributed by atoms with van der Waals surface area (Å²) < 4.78 is 5.73. The highest BCUT2D eigenvalue weighted by Gasteiger charge is 2.01. The Bertz CT molecular complexity index is 470. The molecule has 0 bridgehead atoms. The second-order valence-electron chi connectivity index (χ2n) is 4.02. The molecule has 2 nitrogen and oxygen atoms in total. The fraction of sp³-hybridized carbons (Fsp3) is 0.200. The number of para-hydroxylation sites is 1. The van der Waals surface area contributed by atoms with E-state index in [9.17, 15) is 0 Å². The van der Waals surface area contributed by atoms with Crippen LogP contribution in [0.5, 0.6) is 11.5 Å². The van der Waals surface area contributed by atoms with Crippen LogP contribution in [-0.4, -0.2) is 19.5 Å². The maximum Gasteiger partial charge on any atom is 0.127 e. The molecule has 0 aromatic heterocycles. The molecule has 0 amide bonds. The van der Waals surface area contributed by atoms with Gasteiger partial charge in [0.15, 0.2) is 0 Å². The van der Waals surface area contributed by atoms with Crippen LogP contribution in [0.3, 0.4) is 0 Å². The van der Waals surface area contributed by atoms with Crippen LogP contribution in [0.25, 0.3) is 0 Å². The Morgan fingerprint density at radius 3 is 2.17 bits per heavy atom. The lowest BCUT2D eigenvalue weighted by atomic mass is 10.3. The van der Waals surface area contributed by atoms with Crippen molar-refractivity contribution in [2.45, 2.75) is 0 Å². The van der Waals surface area contributed by atoms with Crippen molar-refractivity contribution in [1.29, 1.82) is 0 Å². The number of anilines is 1. The van der Waals surface area contributed by atoms with Crippen LogP contribution >= 0.6 is 11.6 Å². The first kappa shape index (κ1) is 12.8. The van der Waals surface area contributed by atoms with Crippen LogP contribution in [0, 0.1) is 0 Å². The quantitative estimate of drug-likeness (QED) is 0.750. The van der Waals surface area contributed by atoms with Gasteiger partial charge in [-0.25, -0.2) is 0 Å². The van der Waals surface area contributed by atoms with Crippen molar-refractivity contribution in [3.63, 3.8) is 0 Å². The van der Waals surface area contributed by atoms with Crippen LogP contribution in [0.2, 0.25) is 0 Å². The van der Waals surface area contributed by atoms with Crippen LogP contribution in [0.4, 0.5) is 5.69 Å². The van der Waals surface area contributed by atoms with Gasteiger partial charge in [0, 0.05) is 25.2 Å². The van der Waals surface area contributed by atoms with Gasteiger partial charge < -0.3 is 9.64 Å². The normalized spacial score (nSPS) is 10.1. The molecule has 0 unspecified atom stereocenters. The minimum atomic E-state index is 0.624. The Morgan fingerprint density at radius 2 is 1.56 bits per heavy atom. The topological polar surface area (TPSA) is 12.5 Å². The SMILES string of the molecule is CN(CCCl)c1ccc(Oc2ccccc2)cc1. The lowest BCUT2D eigenvalue weighted by Crippen LogP contribution is -2.19. The van der Waals surface area contributed by atoms with Gasteiger partial charge in [-0.2, -0.15) is 0 Å². The Balaban J connectivity index is 2.04. The number of hydrogen-bond acceptors (Lipinski definition) is 2. The second kappa shape index (κ2) is 6.31. The molecule has 0 fully saturated rings. The third-order valence-electron chi connectivity index (χ3n) is 2.68. The lowest BCUT2D eigenvalue weighted by molar-refractivity contribution is 0.482. The van der Waals surface area contributed by atoms with Gasteiger partial charge in [-0.1, -0.05) is 18.2 Å². The number of alkyl halides is 1. The first-order valence-electron chi connectivity index (χ1n) is 5.89. The summed E-state index contributed by atoms with van der Waals surface area (Å²) in [5.74, 6) is 2.31. The molecule has 0 aliphatic carbocycles. The number of rotatable bonds is 5. The van der Waals surface area contributed by atoms with E-state index in [1.165, 1.54) is 0 Å². The minimum Gasteiger partial charge on any atom is -0.457 e. The van der Waals surface area contributed by atoms with Gasteiger partial charge >= 0.3 is 0 Å². The van der Waals surface area contributed by atoms with E-state index in [1.54, 1.807) is 0 Å². The maximum absolute atomic E-state index is 5.73. The van der Waals surface area contributed by atoms with Crippen molar-refractivity contribution < 1.29 is 4.74 Å². The van der Waals surface area contributed by atoms with Gasteiger partial charge in [-0.3, -0.25) is 0 Å². The molecule has 0 spiro atoms. The highest BCUT2D eigenvalue weighted by molar-refractivity contribution is 6.18. The van der Waals surface area contributed by atoms with E-state index in [0.29, 0.717) is 5.88 Å². The Hall–Kier alpha value is -1.67. The van der Waals surface area contributed by atoms with Gasteiger partial charge in [-0.15, -0.1) is 11.6 Å². The first-order valence-corrected chi connectivity index (χ1v) is 6.43. The third kappa shape index (κ3) is 3.41. The zero-order chi connectivity index (χ0) is 12.8. The predicted molar refractivity (Wildman–Crippen MR) is 76.9 cm³/mol. The van der Waals surface area contributed by atoms with Gasteiger partial charge in [0.05, 0.1) is 0 Å². The number of halogens is 1. The standard InChI is InChI=1S/C15H16ClNO/c1-17(12-11-16)13-7-9-15(10-8-13)18-14-5-3-2-4-6-14/h2-10H,11-12H2,1H3. The second-order valence-corrected chi connectivity index (χ2v) is 4.40. The Kier molecular flexibility index (Phi) is 4.48. The summed E-state index contributed by atoms with van der Waals surface area (Å²) in [6, 6.07) is 17.8. The monoisotopic (exact) mass is 261 g/mol. The van der Waals surface area contributed by atoms with Crippen LogP contribution < -0.4 is 9.64 Å². The molecule has 0 aliphatic rings. The third-order valence-corrected chi connectivity index (χ3v) is 2.85. The number of ether oxygens (including phenoxy) is 1. The molecule has 2 rings (SSSR count). The van der Waals surface area contributed by atoms with Crippen LogP contribution in [0.15, 0.2) is 54.6 Å². The fourth-order valence-electron chi connectivity index (χ4n) is 1.65. The average Bonchev–Trinajstić information content (AvgIpc) is 2.41. The average molecular weight is 262 g/mol. The van der Waals surface area contributed by atoms with E-state index in [1.807, 2.05) is 61.6 Å². The van der Waals surface area contributed by atoms with E-state index >= 15 is 0 Å². The van der Waals surface area contributed by atoms with Gasteiger partial charge in [0.2, 0.25) is 0 Å². The van der Waals surface area contributed by atoms with E-state index in [4.69, 9.17) is 16.3 Å². The van der Waals surface area contributed by atoms with Crippen molar-refractivity contribution >= 4 is 17.3 Å². The van der Waals surface area contributed by atoms with Crippen LogP contribution in [-0.2, 0) is 0 Å². The predicted octanol–water partition coefficient (Wildman–Crippen LogP) is 4.15. The Labute approximate surface area is 113 Å². The highest BCUT2D eigenvalue weighted by Crippen LogP contribution is 2.23. The summed E-state index contributed by atoms with van der Waals surface area (Å²) in [7, 11) is 2.02. The van der Waals surface area contributed by atoms with Crippen LogP contribution in [0.1, 0.15) is 0 Å². The minimum absolute atomic E-state index is 0.624. The zero-order valence-corrected chi connectivity index (χ0v) is 11.1. The lowest BCUT2D eigenvalue weighted by Gasteiger charge is -2.18. The number of nitrogens with zero attached hydrogens (tertiary/aromatic N) is 1. The van der Waals surface area contributed by atoms with Gasteiger partial charge in [0.1, 0.15) is 11.5 Å². The van der Waals surface area contributed by atoms with Crippen molar-refractivity contribution in [3.8, 4) is 11.5 Å². The highest BCUT2D eigenvalue weighted by atomic mass is 35.5. The Morgan fingerprint density at radius 1 is 0.944 bits per heavy atom. The molecule has 0 heterocycles. The molecule has 2 aromatic rings. The van der Waals surface area contributed by atoms with E-state index < -0.39 is 0 Å². The smallest absolute Gasteiger partial charge is 0.127 e. The summed E-state index contributed by atoms with van der Waals surface area (Å²) in [6.07, 6.45) is 0. The molecule has 94 valence electrons. The largest absolute Gasteiger partial charge is 0.457 e. The molecule has 0 N–H and O–H groups in total. The maximum atomic E-state index is 5.73. The molecule has 18 heavy (non-hydrogen) atoms. The molecule has 0 aliphatic heterocycles. The van der Waals surface area contributed by atoms with Gasteiger partial charge in [0.25, 0.3) is 0 Å². The van der Waals surface area contributed by atoms with E-state index in [-0.39, 0.29) is 0 Å². The molecule has 3 heteroatoms. The summed E-state index contributed by atoms with van der Waals surface area (Å²) in [5.41, 5.74) is 1.14. The first-order chi connectivity index (χ1) is 8.79. The van der Waals surface area contributed by atoms with Crippen molar-refractivity contribution in [2.24, 2.45) is 0 Å². The molecule has 0 saturated carbocycles. The van der Waals surface area contributed by atoms with E-state index in [0.717, 1.165) is 23.7 Å². The summed E-state index contributed by atoms with van der Waals surface area (Å²) in [4.78, 5) is 2.11. The van der Waals surface area contributed by atoms with E-state index in [2.05, 4.69) is 4.90 Å². The van der Waals surface area contributed by atoms with Crippen molar-refractivity contribution in [3.05, 3.63) is 54.6 Å². The number of hydrogen-bond donors (Lipinski definition) is 0. The molecule has 2 aromatic carbocycles. The molecular formula is C15H16ClNO. The molecule has 0 atom stereocenters. The number of benzene rings is 2. The van der Waals surface area contributed by atoms with Crippen molar-refractivity contribution in [1.82, 2.24) is 0 Å².